The zero-order valence-electron chi connectivity index (χ0n) is 8.44. The number of fused-ring (bicyclic) bond motifs is 3. The summed E-state index contributed by atoms with van der Waals surface area (Å²) >= 11 is 0. The highest BCUT2D eigenvalue weighted by Crippen LogP contribution is 2.62. The van der Waals surface area contributed by atoms with Gasteiger partial charge in [-0.2, -0.15) is 0 Å². The van der Waals surface area contributed by atoms with E-state index in [1.165, 1.54) is 16.7 Å². The van der Waals surface area contributed by atoms with Gasteiger partial charge in [-0.1, -0.05) is 30.3 Å². The van der Waals surface area contributed by atoms with Crippen molar-refractivity contribution in [3.8, 4) is 0 Å². The number of benzene rings is 1. The van der Waals surface area contributed by atoms with E-state index >= 15 is 0 Å². The first kappa shape index (κ1) is 7.86. The van der Waals surface area contributed by atoms with E-state index in [1.54, 1.807) is 0 Å². The van der Waals surface area contributed by atoms with Gasteiger partial charge in [0.05, 0.1) is 0 Å². The molecule has 1 nitrogen and oxygen atoms in total. The third-order valence-corrected chi connectivity index (χ3v) is 4.34. The molecular formula is C14H12O. The lowest BCUT2D eigenvalue weighted by Crippen LogP contribution is -2.39. The third-order valence-electron chi connectivity index (χ3n) is 4.34. The molecule has 0 radical (unpaired) electrons. The summed E-state index contributed by atoms with van der Waals surface area (Å²) in [5, 5.41) is 0. The number of carbonyl (C=O) groups excluding carboxylic acids is 1. The highest BCUT2D eigenvalue weighted by atomic mass is 16.1. The largest absolute Gasteiger partial charge is 0.299 e. The molecule has 0 heterocycles. The predicted molar refractivity (Wildman–Crippen MR) is 58.4 cm³/mol. The van der Waals surface area contributed by atoms with Gasteiger partial charge in [0.2, 0.25) is 0 Å². The monoisotopic (exact) mass is 196 g/mol. The van der Waals surface area contributed by atoms with Crippen molar-refractivity contribution in [2.24, 2.45) is 11.8 Å². The topological polar surface area (TPSA) is 17.1 Å². The van der Waals surface area contributed by atoms with Gasteiger partial charge in [-0.05, 0) is 29.0 Å². The summed E-state index contributed by atoms with van der Waals surface area (Å²) in [6.45, 7) is 0. The maximum absolute atomic E-state index is 11.7. The zero-order chi connectivity index (χ0) is 9.99. The van der Waals surface area contributed by atoms with Gasteiger partial charge >= 0.3 is 0 Å². The van der Waals surface area contributed by atoms with E-state index in [0.717, 1.165) is 6.42 Å². The third kappa shape index (κ3) is 0.785. The summed E-state index contributed by atoms with van der Waals surface area (Å²) in [7, 11) is 0. The second kappa shape index (κ2) is 2.41. The van der Waals surface area contributed by atoms with Gasteiger partial charge in [0.1, 0.15) is 5.78 Å². The normalized spacial score (nSPS) is 35.3. The Kier molecular flexibility index (Phi) is 1.26. The molecule has 0 N–H and O–H groups in total. The Balaban J connectivity index is 1.95. The average molecular weight is 196 g/mol. The maximum Gasteiger partial charge on any atom is 0.140 e. The minimum atomic E-state index is 0.349. The van der Waals surface area contributed by atoms with Gasteiger partial charge in [0.25, 0.3) is 0 Å². The lowest BCUT2D eigenvalue weighted by atomic mass is 9.60. The van der Waals surface area contributed by atoms with Gasteiger partial charge in [0.15, 0.2) is 0 Å². The van der Waals surface area contributed by atoms with Gasteiger partial charge in [-0.25, -0.2) is 0 Å². The molecule has 3 aliphatic rings. The summed E-state index contributed by atoms with van der Waals surface area (Å²) in [6, 6.07) is 8.67. The standard InChI is InChI=1S/C14H12O/c15-13-6-5-10-8-3-1-2-4-9(8)11-7-12(13)14(10)11/h1-5,11-12,14H,6-7H2. The zero-order valence-corrected chi connectivity index (χ0v) is 8.44. The van der Waals surface area contributed by atoms with E-state index in [2.05, 4.69) is 30.3 Å². The minimum Gasteiger partial charge on any atom is -0.299 e. The van der Waals surface area contributed by atoms with Crippen molar-refractivity contribution in [2.45, 2.75) is 18.8 Å². The summed E-state index contributed by atoms with van der Waals surface area (Å²) in [4.78, 5) is 11.7. The van der Waals surface area contributed by atoms with Crippen molar-refractivity contribution >= 4 is 11.4 Å². The van der Waals surface area contributed by atoms with Crippen molar-refractivity contribution in [1.82, 2.24) is 0 Å². The van der Waals surface area contributed by atoms with Crippen LogP contribution < -0.4 is 0 Å². The molecule has 0 aromatic heterocycles. The number of hydrogen-bond acceptors (Lipinski definition) is 1. The molecule has 0 bridgehead atoms. The fourth-order valence-electron chi connectivity index (χ4n) is 3.61. The molecule has 4 rings (SSSR count). The van der Waals surface area contributed by atoms with Crippen LogP contribution in [0.15, 0.2) is 30.3 Å². The van der Waals surface area contributed by atoms with Crippen LogP contribution in [-0.4, -0.2) is 5.78 Å². The first-order chi connectivity index (χ1) is 7.36. The van der Waals surface area contributed by atoms with Crippen LogP contribution >= 0.6 is 0 Å². The second-order valence-corrected chi connectivity index (χ2v) is 4.89. The molecule has 1 aromatic carbocycles. The SMILES string of the molecule is O=C1CC=C2c3ccccc3C3CC1C23. The van der Waals surface area contributed by atoms with Crippen LogP contribution in [-0.2, 0) is 4.79 Å². The van der Waals surface area contributed by atoms with E-state index in [0.29, 0.717) is 30.0 Å². The molecule has 0 amide bonds. The molecule has 1 fully saturated rings. The van der Waals surface area contributed by atoms with Crippen LogP contribution in [0.2, 0.25) is 0 Å². The van der Waals surface area contributed by atoms with Gasteiger partial charge in [-0.3, -0.25) is 4.79 Å². The number of Topliss-reactive ketones (excluding diaryl/α,β-unsaturated/α-hetero) is 1. The molecule has 74 valence electrons. The van der Waals surface area contributed by atoms with Crippen LogP contribution in [0.3, 0.4) is 0 Å². The van der Waals surface area contributed by atoms with Crippen LogP contribution in [0.5, 0.6) is 0 Å². The molecular weight excluding hydrogens is 184 g/mol. The molecule has 1 aromatic rings. The lowest BCUT2D eigenvalue weighted by Gasteiger charge is -2.42. The molecule has 1 heteroatoms. The summed E-state index contributed by atoms with van der Waals surface area (Å²) in [6.07, 6.45) is 3.93. The van der Waals surface area contributed by atoms with Gasteiger partial charge in [-0.15, -0.1) is 0 Å². The first-order valence-corrected chi connectivity index (χ1v) is 5.68. The quantitative estimate of drug-likeness (QED) is 0.623. The molecule has 3 aliphatic carbocycles. The Hall–Kier alpha value is -1.37. The van der Waals surface area contributed by atoms with Gasteiger partial charge in [0, 0.05) is 18.3 Å². The van der Waals surface area contributed by atoms with Crippen molar-refractivity contribution in [3.05, 3.63) is 41.5 Å². The average Bonchev–Trinajstić information content (AvgIpc) is 2.48. The molecule has 0 saturated heterocycles. The van der Waals surface area contributed by atoms with E-state index in [1.807, 2.05) is 0 Å². The van der Waals surface area contributed by atoms with Crippen molar-refractivity contribution in [2.75, 3.05) is 0 Å². The predicted octanol–water partition coefficient (Wildman–Crippen LogP) is 2.78. The van der Waals surface area contributed by atoms with E-state index < -0.39 is 0 Å². The Morgan fingerprint density at radius 2 is 2.00 bits per heavy atom. The lowest BCUT2D eigenvalue weighted by molar-refractivity contribution is -0.127. The smallest absolute Gasteiger partial charge is 0.140 e. The van der Waals surface area contributed by atoms with Crippen LogP contribution in [0.4, 0.5) is 0 Å². The number of allylic oxidation sites excluding steroid dienone is 2. The Bertz CT molecular complexity index is 498. The van der Waals surface area contributed by atoms with E-state index in [4.69, 9.17) is 0 Å². The summed E-state index contributed by atoms with van der Waals surface area (Å²) in [5.41, 5.74) is 4.37. The number of ketones is 1. The van der Waals surface area contributed by atoms with Crippen LogP contribution in [0, 0.1) is 11.8 Å². The number of rotatable bonds is 0. The molecule has 15 heavy (non-hydrogen) atoms. The molecule has 3 unspecified atom stereocenters. The van der Waals surface area contributed by atoms with Crippen molar-refractivity contribution in [3.63, 3.8) is 0 Å². The number of carbonyl (C=O) groups is 1. The first-order valence-electron chi connectivity index (χ1n) is 5.68. The molecule has 1 saturated carbocycles. The van der Waals surface area contributed by atoms with E-state index in [-0.39, 0.29) is 0 Å². The molecule has 0 aliphatic heterocycles. The summed E-state index contributed by atoms with van der Waals surface area (Å²) < 4.78 is 0. The highest BCUT2D eigenvalue weighted by Gasteiger charge is 2.53. The van der Waals surface area contributed by atoms with Crippen molar-refractivity contribution in [1.29, 1.82) is 0 Å². The Labute approximate surface area is 88.8 Å². The van der Waals surface area contributed by atoms with Crippen LogP contribution in [0.1, 0.15) is 29.9 Å². The van der Waals surface area contributed by atoms with Gasteiger partial charge < -0.3 is 0 Å². The highest BCUT2D eigenvalue weighted by molar-refractivity contribution is 5.94. The van der Waals surface area contributed by atoms with Crippen LogP contribution in [0.25, 0.3) is 5.57 Å². The Morgan fingerprint density at radius 3 is 2.93 bits per heavy atom. The van der Waals surface area contributed by atoms with E-state index in [9.17, 15) is 4.79 Å². The Morgan fingerprint density at radius 1 is 1.13 bits per heavy atom. The minimum absolute atomic E-state index is 0.349. The van der Waals surface area contributed by atoms with Crippen molar-refractivity contribution < 1.29 is 4.79 Å². The fraction of sp³-hybridized carbons (Fsp3) is 0.357. The second-order valence-electron chi connectivity index (χ2n) is 4.89. The maximum atomic E-state index is 11.7. The molecule has 3 atom stereocenters. The molecule has 0 spiro atoms. The fourth-order valence-corrected chi connectivity index (χ4v) is 3.61. The number of hydrogen-bond donors (Lipinski definition) is 0. The summed E-state index contributed by atoms with van der Waals surface area (Å²) in [5.74, 6) is 2.01.